The number of hydrogen-bond donors (Lipinski definition) is 0. The zero-order valence-electron chi connectivity index (χ0n) is 11.6. The van der Waals surface area contributed by atoms with E-state index in [2.05, 4.69) is 72.6 Å². The molecule has 2 heterocycles. The molecule has 0 amide bonds. The molecule has 0 radical (unpaired) electrons. The molecule has 0 atom stereocenters. The van der Waals surface area contributed by atoms with Gasteiger partial charge in [-0.1, -0.05) is 53.8 Å². The van der Waals surface area contributed by atoms with Crippen LogP contribution in [0.15, 0.2) is 60.7 Å². The first-order valence-corrected chi connectivity index (χ1v) is 7.54. The number of hydrogen-bond acceptors (Lipinski definition) is 1. The summed E-state index contributed by atoms with van der Waals surface area (Å²) in [4.78, 5) is 4.87. The Hall–Kier alpha value is -1.90. The van der Waals surface area contributed by atoms with E-state index in [1.165, 1.54) is 37.5 Å². The van der Waals surface area contributed by atoms with Crippen LogP contribution in [0.4, 0.5) is 0 Å². The number of fused-ring (bicyclic) bond motifs is 3. The Morgan fingerprint density at radius 1 is 0.905 bits per heavy atom. The summed E-state index contributed by atoms with van der Waals surface area (Å²) in [7, 11) is 0. The number of halogens is 1. The van der Waals surface area contributed by atoms with Crippen LogP contribution in [-0.4, -0.2) is 0 Å². The van der Waals surface area contributed by atoms with Crippen LogP contribution in [0.25, 0.3) is 32.6 Å². The summed E-state index contributed by atoms with van der Waals surface area (Å²) >= 11 is 1.82. The molecule has 2 aromatic rings. The smallest absolute Gasteiger partial charge is 0.269 e. The van der Waals surface area contributed by atoms with E-state index in [0.29, 0.717) is 0 Å². The minimum atomic E-state index is 0. The van der Waals surface area contributed by atoms with E-state index >= 15 is 0 Å². The summed E-state index contributed by atoms with van der Waals surface area (Å²) in [5, 5.41) is 2.56. The number of rotatable bonds is 1. The summed E-state index contributed by atoms with van der Waals surface area (Å²) in [6.07, 6.45) is 0. The second-order valence-electron chi connectivity index (χ2n) is 5.01. The number of aromatic amines is 1. The molecule has 1 nitrogen and oxygen atoms in total. The number of nitrogens with one attached hydrogen (secondary N) is 1. The maximum atomic E-state index is 3.55. The summed E-state index contributed by atoms with van der Waals surface area (Å²) in [5.41, 5.74) is 5.14. The third kappa shape index (κ3) is 2.31. The van der Waals surface area contributed by atoms with E-state index in [1.54, 1.807) is 0 Å². The largest absolute Gasteiger partial charge is 1.00 e. The van der Waals surface area contributed by atoms with Crippen molar-refractivity contribution in [2.75, 3.05) is 0 Å². The van der Waals surface area contributed by atoms with Crippen molar-refractivity contribution >= 4 is 22.2 Å². The van der Waals surface area contributed by atoms with Crippen LogP contribution in [-0.2, 0) is 0 Å². The molecule has 0 saturated heterocycles. The molecule has 1 N–H and O–H groups in total. The fourth-order valence-electron chi connectivity index (χ4n) is 2.77. The molecule has 104 valence electrons. The Morgan fingerprint density at radius 2 is 1.62 bits per heavy atom. The van der Waals surface area contributed by atoms with Crippen molar-refractivity contribution in [1.82, 2.24) is 0 Å². The van der Waals surface area contributed by atoms with E-state index < -0.39 is 0 Å². The van der Waals surface area contributed by atoms with E-state index in [4.69, 9.17) is 0 Å². The SMILES string of the molecule is Cc1cc(-c2ccccc2)c2c3ccccc3[nH+]c-2s1.[Cl-]. The van der Waals surface area contributed by atoms with Gasteiger partial charge in [-0.2, -0.15) is 4.98 Å². The number of aryl methyl sites for hydroxylation is 1. The second kappa shape index (κ2) is 5.47. The molecule has 0 unspecified atom stereocenters. The summed E-state index contributed by atoms with van der Waals surface area (Å²) in [5.74, 6) is 0. The molecule has 0 aliphatic carbocycles. The predicted octanol–water partition coefficient (Wildman–Crippen LogP) is 1.80. The highest BCUT2D eigenvalue weighted by Crippen LogP contribution is 2.40. The van der Waals surface area contributed by atoms with Crippen molar-refractivity contribution in [3.05, 3.63) is 65.5 Å². The third-order valence-corrected chi connectivity index (χ3v) is 4.59. The lowest BCUT2D eigenvalue weighted by Gasteiger charge is -2.06. The van der Waals surface area contributed by atoms with Gasteiger partial charge in [0.25, 0.3) is 5.01 Å². The van der Waals surface area contributed by atoms with Crippen molar-refractivity contribution in [3.63, 3.8) is 0 Å². The Morgan fingerprint density at radius 3 is 2.43 bits per heavy atom. The van der Waals surface area contributed by atoms with Crippen LogP contribution in [0.5, 0.6) is 0 Å². The van der Waals surface area contributed by atoms with Crippen LogP contribution in [0.3, 0.4) is 0 Å². The van der Waals surface area contributed by atoms with Crippen LogP contribution < -0.4 is 17.4 Å². The number of para-hydroxylation sites is 1. The van der Waals surface area contributed by atoms with Gasteiger partial charge in [0.2, 0.25) is 5.52 Å². The molecule has 0 spiro atoms. The van der Waals surface area contributed by atoms with Crippen LogP contribution in [0, 0.1) is 6.92 Å². The Labute approximate surface area is 134 Å². The average molecular weight is 312 g/mol. The fourth-order valence-corrected chi connectivity index (χ4v) is 3.75. The fraction of sp³-hybridized carbons (Fsp3) is 0.0556. The summed E-state index contributed by atoms with van der Waals surface area (Å²) in [6.45, 7) is 2.17. The minimum Gasteiger partial charge on any atom is -1.00 e. The first-order chi connectivity index (χ1) is 9.83. The van der Waals surface area contributed by atoms with Crippen molar-refractivity contribution in [1.29, 1.82) is 0 Å². The molecule has 0 fully saturated rings. The van der Waals surface area contributed by atoms with Crippen LogP contribution in [0.1, 0.15) is 4.88 Å². The number of H-pyrrole nitrogens is 1. The van der Waals surface area contributed by atoms with E-state index in [0.717, 1.165) is 0 Å². The maximum Gasteiger partial charge on any atom is 0.269 e. The van der Waals surface area contributed by atoms with Crippen LogP contribution >= 0.6 is 11.3 Å². The first kappa shape index (κ1) is 14.1. The highest BCUT2D eigenvalue weighted by molar-refractivity contribution is 7.14. The van der Waals surface area contributed by atoms with Gasteiger partial charge in [0.1, 0.15) is 0 Å². The Balaban J connectivity index is 0.00000132. The highest BCUT2D eigenvalue weighted by atomic mass is 35.5. The molecule has 4 rings (SSSR count). The lowest BCUT2D eigenvalue weighted by molar-refractivity contribution is -0.323. The zero-order valence-corrected chi connectivity index (χ0v) is 13.1. The molecular weight excluding hydrogens is 298 g/mol. The van der Waals surface area contributed by atoms with Gasteiger partial charge in [0, 0.05) is 10.9 Å². The Bertz CT molecular complexity index is 867. The molecule has 0 bridgehead atoms. The van der Waals surface area contributed by atoms with Gasteiger partial charge in [0.05, 0.1) is 10.9 Å². The molecule has 3 heteroatoms. The number of aromatic nitrogens is 1. The van der Waals surface area contributed by atoms with Gasteiger partial charge < -0.3 is 12.4 Å². The van der Waals surface area contributed by atoms with Gasteiger partial charge in [0.15, 0.2) is 0 Å². The Kier molecular flexibility index (Phi) is 3.66. The van der Waals surface area contributed by atoms with E-state index in [-0.39, 0.29) is 12.4 Å². The molecule has 0 saturated carbocycles. The van der Waals surface area contributed by atoms with Gasteiger partial charge in [-0.3, -0.25) is 0 Å². The molecule has 0 aromatic heterocycles. The highest BCUT2D eigenvalue weighted by Gasteiger charge is 2.23. The van der Waals surface area contributed by atoms with Gasteiger partial charge in [-0.05, 0) is 30.2 Å². The quantitative estimate of drug-likeness (QED) is 0.509. The summed E-state index contributed by atoms with van der Waals surface area (Å²) < 4.78 is 0. The molecule has 2 aliphatic heterocycles. The third-order valence-electron chi connectivity index (χ3n) is 3.64. The normalized spacial score (nSPS) is 10.7. The topological polar surface area (TPSA) is 14.1 Å². The second-order valence-corrected chi connectivity index (χ2v) is 6.27. The van der Waals surface area contributed by atoms with Crippen molar-refractivity contribution in [2.45, 2.75) is 6.92 Å². The minimum absolute atomic E-state index is 0. The van der Waals surface area contributed by atoms with Gasteiger partial charge >= 0.3 is 0 Å². The standard InChI is InChI=1S/C18H13NS.ClH/c1-12-11-15(13-7-3-2-4-8-13)17-14-9-5-6-10-16(14)19-18(17)20-12;/h2-11H,1H3;1H. The average Bonchev–Trinajstić information content (AvgIpc) is 2.85. The van der Waals surface area contributed by atoms with E-state index in [9.17, 15) is 0 Å². The lowest BCUT2D eigenvalue weighted by Crippen LogP contribution is -3.00. The molecule has 2 aromatic carbocycles. The van der Waals surface area contributed by atoms with Gasteiger partial charge in [-0.15, -0.1) is 0 Å². The lowest BCUT2D eigenvalue weighted by atomic mass is 9.99. The molecule has 21 heavy (non-hydrogen) atoms. The van der Waals surface area contributed by atoms with Gasteiger partial charge in [-0.25, -0.2) is 0 Å². The molecule has 2 aliphatic rings. The number of benzene rings is 2. The monoisotopic (exact) mass is 311 g/mol. The van der Waals surface area contributed by atoms with Crippen LogP contribution in [0.2, 0.25) is 0 Å². The van der Waals surface area contributed by atoms with E-state index in [1.807, 2.05) is 11.3 Å². The van der Waals surface area contributed by atoms with Crippen molar-refractivity contribution in [3.8, 4) is 21.7 Å². The first-order valence-electron chi connectivity index (χ1n) is 6.72. The summed E-state index contributed by atoms with van der Waals surface area (Å²) in [6, 6.07) is 21.4. The maximum absolute atomic E-state index is 3.55. The zero-order chi connectivity index (χ0) is 13.5. The van der Waals surface area contributed by atoms with Crippen molar-refractivity contribution < 1.29 is 17.4 Å². The molecular formula is C18H14ClNS. The van der Waals surface area contributed by atoms with Crippen molar-refractivity contribution in [2.24, 2.45) is 0 Å². The predicted molar refractivity (Wildman–Crippen MR) is 85.2 cm³/mol.